The third kappa shape index (κ3) is 8.20. The highest BCUT2D eigenvalue weighted by Crippen LogP contribution is 2.29. The number of hydrogen-bond donors (Lipinski definition) is 1. The molecule has 0 bridgehead atoms. The van der Waals surface area contributed by atoms with E-state index < -0.39 is 0 Å². The predicted octanol–water partition coefficient (Wildman–Crippen LogP) is 1.72. The van der Waals surface area contributed by atoms with Crippen LogP contribution in [0.2, 0.25) is 0 Å². The van der Waals surface area contributed by atoms with Gasteiger partial charge in [0.25, 0.3) is 0 Å². The van der Waals surface area contributed by atoms with Crippen molar-refractivity contribution in [3.63, 3.8) is 0 Å². The average molecular weight is 222 g/mol. The van der Waals surface area contributed by atoms with Gasteiger partial charge in [0, 0.05) is 5.92 Å². The molecule has 0 spiro atoms. The minimum Gasteiger partial charge on any atom is -0.322 e. The van der Waals surface area contributed by atoms with E-state index in [4.69, 9.17) is 5.73 Å². The molecule has 14 heavy (non-hydrogen) atoms. The molecule has 0 aromatic heterocycles. The van der Waals surface area contributed by atoms with Gasteiger partial charge in [-0.2, -0.15) is 0 Å². The van der Waals surface area contributed by atoms with Crippen molar-refractivity contribution in [1.29, 1.82) is 0 Å². The quantitative estimate of drug-likeness (QED) is 0.790. The maximum atomic E-state index is 10.2. The van der Waals surface area contributed by atoms with Crippen LogP contribution in [0.4, 0.5) is 0 Å². The van der Waals surface area contributed by atoms with Crippen molar-refractivity contribution < 1.29 is 9.59 Å². The van der Waals surface area contributed by atoms with Crippen LogP contribution in [0.3, 0.4) is 0 Å². The molecule has 0 heterocycles. The standard InChI is InChI=1S/C5H11NO.C5H8O.ClH/c1-3-5(6)4(2)7;1-4(6)5-2-3-5;/h5H,3,6H2,1-2H3;5H,2-3H2,1H3;1H/t5-;;/m1../s1. The lowest BCUT2D eigenvalue weighted by atomic mass is 10.2. The number of carbonyl (C=O) groups is 2. The molecular formula is C10H20ClNO2. The molecule has 3 nitrogen and oxygen atoms in total. The topological polar surface area (TPSA) is 60.2 Å². The summed E-state index contributed by atoms with van der Waals surface area (Å²) in [6, 6.07) is -0.236. The van der Waals surface area contributed by atoms with E-state index in [1.54, 1.807) is 6.92 Å². The number of hydrogen-bond acceptors (Lipinski definition) is 3. The Labute approximate surface area is 91.8 Å². The summed E-state index contributed by atoms with van der Waals surface area (Å²) in [6.07, 6.45) is 3.04. The molecule has 0 radical (unpaired) electrons. The first-order valence-corrected chi connectivity index (χ1v) is 4.75. The fourth-order valence-electron chi connectivity index (χ4n) is 0.777. The molecule has 0 aromatic rings. The number of ketones is 2. The molecule has 84 valence electrons. The summed E-state index contributed by atoms with van der Waals surface area (Å²) in [4.78, 5) is 20.5. The average Bonchev–Trinajstić information content (AvgIpc) is 2.85. The smallest absolute Gasteiger partial charge is 0.146 e. The lowest BCUT2D eigenvalue weighted by Gasteiger charge is -1.99. The predicted molar refractivity (Wildman–Crippen MR) is 59.6 cm³/mol. The number of rotatable bonds is 3. The van der Waals surface area contributed by atoms with Gasteiger partial charge in [0.15, 0.2) is 0 Å². The van der Waals surface area contributed by atoms with Crippen LogP contribution in [0.1, 0.15) is 40.0 Å². The van der Waals surface area contributed by atoms with Crippen LogP contribution in [0.15, 0.2) is 0 Å². The molecular weight excluding hydrogens is 202 g/mol. The van der Waals surface area contributed by atoms with Crippen molar-refractivity contribution >= 4 is 24.0 Å². The zero-order valence-electron chi connectivity index (χ0n) is 9.08. The second-order valence-electron chi connectivity index (χ2n) is 3.51. The van der Waals surface area contributed by atoms with E-state index >= 15 is 0 Å². The lowest BCUT2D eigenvalue weighted by Crippen LogP contribution is -2.26. The molecule has 0 aromatic carbocycles. The maximum Gasteiger partial charge on any atom is 0.146 e. The van der Waals surface area contributed by atoms with E-state index in [9.17, 15) is 9.59 Å². The van der Waals surface area contributed by atoms with Crippen molar-refractivity contribution in [3.8, 4) is 0 Å². The van der Waals surface area contributed by atoms with Crippen LogP contribution in [0.25, 0.3) is 0 Å². The SMILES string of the molecule is CC(=O)C1CC1.CC[C@@H](N)C(C)=O.Cl. The first kappa shape index (κ1) is 16.0. The van der Waals surface area contributed by atoms with Gasteiger partial charge in [0.2, 0.25) is 0 Å². The van der Waals surface area contributed by atoms with E-state index in [0.717, 1.165) is 19.3 Å². The van der Waals surface area contributed by atoms with E-state index in [0.29, 0.717) is 11.7 Å². The van der Waals surface area contributed by atoms with Gasteiger partial charge in [-0.15, -0.1) is 12.4 Å². The van der Waals surface area contributed by atoms with Crippen molar-refractivity contribution in [1.82, 2.24) is 0 Å². The Morgan fingerprint density at radius 3 is 1.79 bits per heavy atom. The Morgan fingerprint density at radius 2 is 1.79 bits per heavy atom. The first-order chi connectivity index (χ1) is 5.99. The second-order valence-corrected chi connectivity index (χ2v) is 3.51. The van der Waals surface area contributed by atoms with Gasteiger partial charge in [-0.25, -0.2) is 0 Å². The minimum atomic E-state index is -0.236. The molecule has 1 rings (SSSR count). The van der Waals surface area contributed by atoms with Gasteiger partial charge in [-0.1, -0.05) is 6.92 Å². The molecule has 4 heteroatoms. The summed E-state index contributed by atoms with van der Waals surface area (Å²) in [5, 5.41) is 0. The normalized spacial score (nSPS) is 15.7. The molecule has 0 aliphatic heterocycles. The molecule has 1 aliphatic rings. The van der Waals surface area contributed by atoms with Crippen LogP contribution in [-0.4, -0.2) is 17.6 Å². The first-order valence-electron chi connectivity index (χ1n) is 4.75. The van der Waals surface area contributed by atoms with Crippen LogP contribution in [-0.2, 0) is 9.59 Å². The Kier molecular flexibility index (Phi) is 9.10. The molecule has 0 amide bonds. The molecule has 1 saturated carbocycles. The van der Waals surface area contributed by atoms with E-state index in [2.05, 4.69) is 0 Å². The molecule has 0 unspecified atom stereocenters. The summed E-state index contributed by atoms with van der Waals surface area (Å²) in [5.74, 6) is 0.905. The summed E-state index contributed by atoms with van der Waals surface area (Å²) in [5.41, 5.74) is 5.27. The highest BCUT2D eigenvalue weighted by Gasteiger charge is 2.25. The third-order valence-electron chi connectivity index (χ3n) is 2.11. The number of nitrogens with two attached hydrogens (primary N) is 1. The van der Waals surface area contributed by atoms with Crippen molar-refractivity contribution in [2.75, 3.05) is 0 Å². The highest BCUT2D eigenvalue weighted by atomic mass is 35.5. The summed E-state index contributed by atoms with van der Waals surface area (Å²) in [6.45, 7) is 5.07. The Hall–Kier alpha value is -0.410. The van der Waals surface area contributed by atoms with Gasteiger partial charge in [-0.05, 0) is 33.1 Å². The Balaban J connectivity index is 0. The van der Waals surface area contributed by atoms with Crippen molar-refractivity contribution in [2.45, 2.75) is 46.1 Å². The van der Waals surface area contributed by atoms with E-state index in [1.807, 2.05) is 6.92 Å². The second kappa shape index (κ2) is 7.94. The minimum absolute atomic E-state index is 0. The van der Waals surface area contributed by atoms with Crippen molar-refractivity contribution in [2.24, 2.45) is 11.7 Å². The zero-order chi connectivity index (χ0) is 10.4. The lowest BCUT2D eigenvalue weighted by molar-refractivity contribution is -0.119. The molecule has 0 saturated heterocycles. The van der Waals surface area contributed by atoms with Gasteiger partial charge in [0.1, 0.15) is 11.6 Å². The van der Waals surface area contributed by atoms with Crippen LogP contribution in [0.5, 0.6) is 0 Å². The summed E-state index contributed by atoms with van der Waals surface area (Å²) in [7, 11) is 0. The maximum absolute atomic E-state index is 10.2. The van der Waals surface area contributed by atoms with Gasteiger partial charge >= 0.3 is 0 Å². The number of halogens is 1. The largest absolute Gasteiger partial charge is 0.322 e. The highest BCUT2D eigenvalue weighted by molar-refractivity contribution is 5.85. The summed E-state index contributed by atoms with van der Waals surface area (Å²) < 4.78 is 0. The molecule has 1 atom stereocenters. The Bertz CT molecular complexity index is 191. The number of Topliss-reactive ketones (excluding diaryl/α,β-unsaturated/α-hetero) is 2. The van der Waals surface area contributed by atoms with Crippen molar-refractivity contribution in [3.05, 3.63) is 0 Å². The monoisotopic (exact) mass is 221 g/mol. The van der Waals surface area contributed by atoms with E-state index in [-0.39, 0.29) is 24.2 Å². The Morgan fingerprint density at radius 1 is 1.36 bits per heavy atom. The zero-order valence-corrected chi connectivity index (χ0v) is 9.89. The summed E-state index contributed by atoms with van der Waals surface area (Å²) >= 11 is 0. The van der Waals surface area contributed by atoms with Gasteiger partial charge < -0.3 is 5.73 Å². The molecule has 1 aliphatic carbocycles. The third-order valence-corrected chi connectivity index (χ3v) is 2.11. The molecule has 1 fully saturated rings. The van der Waals surface area contributed by atoms with Crippen LogP contribution >= 0.6 is 12.4 Å². The van der Waals surface area contributed by atoms with Crippen LogP contribution in [0, 0.1) is 5.92 Å². The molecule has 2 N–H and O–H groups in total. The number of carbonyl (C=O) groups excluding carboxylic acids is 2. The van der Waals surface area contributed by atoms with E-state index in [1.165, 1.54) is 6.92 Å². The van der Waals surface area contributed by atoms with Crippen LogP contribution < -0.4 is 5.73 Å². The fourth-order valence-corrected chi connectivity index (χ4v) is 0.777. The van der Waals surface area contributed by atoms with Gasteiger partial charge in [0.05, 0.1) is 6.04 Å². The fraction of sp³-hybridized carbons (Fsp3) is 0.800. The van der Waals surface area contributed by atoms with Gasteiger partial charge in [-0.3, -0.25) is 9.59 Å².